The summed E-state index contributed by atoms with van der Waals surface area (Å²) in [4.78, 5) is 30.8. The molecule has 29 heavy (non-hydrogen) atoms. The van der Waals surface area contributed by atoms with Gasteiger partial charge in [0.2, 0.25) is 11.7 Å². The standard InChI is InChI=1S/C19H13FN6O3/c20-12-7-4-8-13(9-12)26-18(27)15-16(19(26)28)25(24-22-15)10-14-21-17(23-29-14)11-5-2-1-3-6-11/h1-9,15-16H,10H2/t15-,16-/m0/s1. The highest BCUT2D eigenvalue weighted by Gasteiger charge is 2.55. The minimum absolute atomic E-state index is 0.0144. The van der Waals surface area contributed by atoms with Crippen molar-refractivity contribution < 1.29 is 18.5 Å². The number of fused-ring (bicyclic) bond motifs is 1. The van der Waals surface area contributed by atoms with Crippen LogP contribution in [0.4, 0.5) is 10.1 Å². The Morgan fingerprint density at radius 2 is 1.86 bits per heavy atom. The van der Waals surface area contributed by atoms with Gasteiger partial charge in [0.15, 0.2) is 12.1 Å². The Morgan fingerprint density at radius 1 is 1.03 bits per heavy atom. The number of imide groups is 1. The van der Waals surface area contributed by atoms with Crippen LogP contribution in [0.15, 0.2) is 69.5 Å². The maximum absolute atomic E-state index is 13.5. The zero-order chi connectivity index (χ0) is 20.0. The van der Waals surface area contributed by atoms with Crippen molar-refractivity contribution >= 4 is 17.5 Å². The van der Waals surface area contributed by atoms with Gasteiger partial charge in [-0.15, -0.1) is 0 Å². The molecular weight excluding hydrogens is 379 g/mol. The van der Waals surface area contributed by atoms with Crippen LogP contribution in [0, 0.1) is 5.82 Å². The molecule has 5 rings (SSSR count). The number of carbonyl (C=O) groups excluding carboxylic acids is 2. The largest absolute Gasteiger partial charge is 0.337 e. The van der Waals surface area contributed by atoms with Crippen LogP contribution in [0.5, 0.6) is 0 Å². The topological polar surface area (TPSA) is 104 Å². The van der Waals surface area contributed by atoms with Crippen molar-refractivity contribution in [2.24, 2.45) is 10.3 Å². The number of halogens is 1. The Labute approximate surface area is 163 Å². The van der Waals surface area contributed by atoms with Gasteiger partial charge in [0.1, 0.15) is 12.4 Å². The van der Waals surface area contributed by atoms with Gasteiger partial charge in [0.25, 0.3) is 11.8 Å². The molecule has 10 heteroatoms. The molecule has 2 aliphatic rings. The van der Waals surface area contributed by atoms with E-state index in [9.17, 15) is 14.0 Å². The Morgan fingerprint density at radius 3 is 2.66 bits per heavy atom. The number of amides is 2. The SMILES string of the molecule is O=C1[C@H]2N=NN(Cc3nc(-c4ccccc4)no3)[C@@H]2C(=O)N1c1cccc(F)c1. The number of hydrogen-bond acceptors (Lipinski definition) is 8. The van der Waals surface area contributed by atoms with Crippen LogP contribution < -0.4 is 4.90 Å². The van der Waals surface area contributed by atoms with E-state index in [0.29, 0.717) is 5.82 Å². The molecule has 0 N–H and O–H groups in total. The smallest absolute Gasteiger partial charge is 0.263 e. The van der Waals surface area contributed by atoms with Crippen LogP contribution in [-0.4, -0.2) is 39.0 Å². The molecule has 3 aromatic rings. The highest BCUT2D eigenvalue weighted by Crippen LogP contribution is 2.33. The van der Waals surface area contributed by atoms with Crippen LogP contribution in [0.2, 0.25) is 0 Å². The minimum atomic E-state index is -0.984. The van der Waals surface area contributed by atoms with E-state index in [4.69, 9.17) is 4.52 Å². The minimum Gasteiger partial charge on any atom is -0.337 e. The normalized spacial score (nSPS) is 20.6. The van der Waals surface area contributed by atoms with E-state index in [1.54, 1.807) is 0 Å². The lowest BCUT2D eigenvalue weighted by atomic mass is 10.1. The molecular formula is C19H13FN6O3. The number of anilines is 1. The fourth-order valence-electron chi connectivity index (χ4n) is 3.39. The van der Waals surface area contributed by atoms with Gasteiger partial charge in [-0.3, -0.25) is 14.6 Å². The predicted molar refractivity (Wildman–Crippen MR) is 96.6 cm³/mol. The van der Waals surface area contributed by atoms with Crippen molar-refractivity contribution in [2.75, 3.05) is 4.90 Å². The van der Waals surface area contributed by atoms with Gasteiger partial charge in [-0.05, 0) is 18.2 Å². The number of rotatable bonds is 4. The number of carbonyl (C=O) groups is 2. The third-order valence-corrected chi connectivity index (χ3v) is 4.72. The lowest BCUT2D eigenvalue weighted by molar-refractivity contribution is -0.123. The van der Waals surface area contributed by atoms with Gasteiger partial charge in [0.05, 0.1) is 5.69 Å². The second-order valence-corrected chi connectivity index (χ2v) is 6.56. The second-order valence-electron chi connectivity index (χ2n) is 6.56. The molecule has 0 spiro atoms. The van der Waals surface area contributed by atoms with Gasteiger partial charge in [-0.1, -0.05) is 46.8 Å². The maximum atomic E-state index is 13.5. The lowest BCUT2D eigenvalue weighted by Gasteiger charge is -2.19. The van der Waals surface area contributed by atoms with Crippen LogP contribution in [0.25, 0.3) is 11.4 Å². The summed E-state index contributed by atoms with van der Waals surface area (Å²) in [5.41, 5.74) is 0.946. The molecule has 0 radical (unpaired) electrons. The molecule has 144 valence electrons. The Kier molecular flexibility index (Phi) is 3.90. The summed E-state index contributed by atoms with van der Waals surface area (Å²) >= 11 is 0. The van der Waals surface area contributed by atoms with Crippen molar-refractivity contribution in [2.45, 2.75) is 18.6 Å². The molecule has 0 aliphatic carbocycles. The van der Waals surface area contributed by atoms with E-state index in [-0.39, 0.29) is 18.1 Å². The highest BCUT2D eigenvalue weighted by molar-refractivity contribution is 6.25. The first kappa shape index (κ1) is 17.2. The highest BCUT2D eigenvalue weighted by atomic mass is 19.1. The van der Waals surface area contributed by atoms with E-state index in [0.717, 1.165) is 16.5 Å². The molecule has 0 bridgehead atoms. The maximum Gasteiger partial charge on any atom is 0.263 e. The van der Waals surface area contributed by atoms with Gasteiger partial charge in [-0.2, -0.15) is 10.1 Å². The van der Waals surface area contributed by atoms with Gasteiger partial charge in [-0.25, -0.2) is 9.29 Å². The summed E-state index contributed by atoms with van der Waals surface area (Å²) in [5, 5.41) is 13.1. The molecule has 3 heterocycles. The quantitative estimate of drug-likeness (QED) is 0.632. The summed E-state index contributed by atoms with van der Waals surface area (Å²) in [6, 6.07) is 12.6. The average Bonchev–Trinajstić information content (AvgIpc) is 3.41. The van der Waals surface area contributed by atoms with Crippen molar-refractivity contribution in [1.29, 1.82) is 0 Å². The van der Waals surface area contributed by atoms with Gasteiger partial charge in [0, 0.05) is 5.56 Å². The number of nitrogens with zero attached hydrogens (tertiary/aromatic N) is 6. The third-order valence-electron chi connectivity index (χ3n) is 4.72. The zero-order valence-electron chi connectivity index (χ0n) is 14.8. The summed E-state index contributed by atoms with van der Waals surface area (Å²) in [5.74, 6) is -0.986. The molecule has 1 fully saturated rings. The monoisotopic (exact) mass is 392 g/mol. The third kappa shape index (κ3) is 2.85. The van der Waals surface area contributed by atoms with Gasteiger partial charge >= 0.3 is 0 Å². The van der Waals surface area contributed by atoms with Crippen LogP contribution in [0.3, 0.4) is 0 Å². The molecule has 1 aromatic heterocycles. The van der Waals surface area contributed by atoms with Crippen LogP contribution >= 0.6 is 0 Å². The first-order valence-electron chi connectivity index (χ1n) is 8.80. The van der Waals surface area contributed by atoms with Gasteiger partial charge < -0.3 is 4.52 Å². The number of hydrogen-bond donors (Lipinski definition) is 0. The molecule has 2 amide bonds. The van der Waals surface area contributed by atoms with Crippen molar-refractivity contribution in [1.82, 2.24) is 15.1 Å². The van der Waals surface area contributed by atoms with E-state index in [1.165, 1.54) is 23.2 Å². The second kappa shape index (κ2) is 6.59. The van der Waals surface area contributed by atoms with Crippen molar-refractivity contribution in [3.63, 3.8) is 0 Å². The predicted octanol–water partition coefficient (Wildman–Crippen LogP) is 2.37. The molecule has 1 saturated heterocycles. The molecule has 0 saturated carbocycles. The molecule has 0 unspecified atom stereocenters. The number of benzene rings is 2. The lowest BCUT2D eigenvalue weighted by Crippen LogP contribution is -2.39. The number of aromatic nitrogens is 2. The summed E-state index contributed by atoms with van der Waals surface area (Å²) in [6.45, 7) is 0.0144. The van der Waals surface area contributed by atoms with Crippen molar-refractivity contribution in [3.8, 4) is 11.4 Å². The van der Waals surface area contributed by atoms with E-state index < -0.39 is 29.7 Å². The van der Waals surface area contributed by atoms with E-state index >= 15 is 0 Å². The molecule has 2 atom stereocenters. The van der Waals surface area contributed by atoms with E-state index in [2.05, 4.69) is 20.5 Å². The van der Waals surface area contributed by atoms with Crippen LogP contribution in [0.1, 0.15) is 5.89 Å². The zero-order valence-corrected chi connectivity index (χ0v) is 14.8. The Bertz CT molecular complexity index is 1130. The molecule has 9 nitrogen and oxygen atoms in total. The first-order valence-corrected chi connectivity index (χ1v) is 8.80. The fraction of sp³-hybridized carbons (Fsp3) is 0.158. The van der Waals surface area contributed by atoms with Crippen LogP contribution in [-0.2, 0) is 16.1 Å². The average molecular weight is 392 g/mol. The summed E-state index contributed by atoms with van der Waals surface area (Å²) < 4.78 is 18.8. The Hall–Kier alpha value is -3.95. The molecule has 2 aliphatic heterocycles. The fourth-order valence-corrected chi connectivity index (χ4v) is 3.39. The molecule has 2 aromatic carbocycles. The summed E-state index contributed by atoms with van der Waals surface area (Å²) in [7, 11) is 0. The van der Waals surface area contributed by atoms with Crippen molar-refractivity contribution in [3.05, 3.63) is 66.3 Å². The first-order chi connectivity index (χ1) is 14.1. The van der Waals surface area contributed by atoms with E-state index in [1.807, 2.05) is 30.3 Å². The summed E-state index contributed by atoms with van der Waals surface area (Å²) in [6.07, 6.45) is 0. The Balaban J connectivity index is 1.38.